The van der Waals surface area contributed by atoms with Crippen molar-refractivity contribution in [1.29, 1.82) is 0 Å². The molecule has 0 radical (unpaired) electrons. The number of ether oxygens (including phenoxy) is 1. The molecule has 1 rings (SSSR count). The molecule has 1 aromatic rings. The predicted octanol–water partition coefficient (Wildman–Crippen LogP) is 7.23. The van der Waals surface area contributed by atoms with E-state index in [1.165, 1.54) is 89.2 Å². The third-order valence-corrected chi connectivity index (χ3v) is 4.56. The summed E-state index contributed by atoms with van der Waals surface area (Å²) in [5.41, 5.74) is -0.968. The summed E-state index contributed by atoms with van der Waals surface area (Å²) in [6.07, 6.45) is 16.3. The molecule has 0 aliphatic rings. The van der Waals surface area contributed by atoms with Gasteiger partial charge in [0.2, 0.25) is 0 Å². The van der Waals surface area contributed by atoms with Gasteiger partial charge in [0.05, 0.1) is 9.85 Å². The topological polar surface area (TPSA) is 95.5 Å². The SMILES string of the molecule is CCCCCCCCOCCCCCCCC.O=[N+]([O-])c1ccccc1[N+](=O)[O-]. The molecule has 29 heavy (non-hydrogen) atoms. The molecule has 0 saturated heterocycles. The quantitative estimate of drug-likeness (QED) is 0.163. The summed E-state index contributed by atoms with van der Waals surface area (Å²) in [7, 11) is 0. The fourth-order valence-electron chi connectivity index (χ4n) is 2.84. The minimum atomic E-state index is -0.780. The molecule has 0 amide bonds. The standard InChI is InChI=1S/C16H34O.C6H4N2O4/c1-3-5-7-9-11-13-15-17-16-14-12-10-8-6-4-2;9-7(10)5-3-1-2-4-6(5)8(11)12/h3-16H2,1-2H3;1-4H. The molecule has 0 aromatic heterocycles. The van der Waals surface area contributed by atoms with Crippen LogP contribution in [0.2, 0.25) is 0 Å². The average Bonchev–Trinajstić information content (AvgIpc) is 2.72. The van der Waals surface area contributed by atoms with E-state index in [4.69, 9.17) is 4.74 Å². The van der Waals surface area contributed by atoms with Crippen molar-refractivity contribution in [2.75, 3.05) is 13.2 Å². The van der Waals surface area contributed by atoms with Gasteiger partial charge < -0.3 is 4.74 Å². The molecule has 7 heteroatoms. The lowest BCUT2D eigenvalue weighted by Crippen LogP contribution is -1.97. The number of nitro benzene ring substituents is 2. The Labute approximate surface area is 175 Å². The zero-order chi connectivity index (χ0) is 21.7. The predicted molar refractivity (Wildman–Crippen MR) is 117 cm³/mol. The molecule has 0 unspecified atom stereocenters. The Hall–Kier alpha value is -2.02. The number of rotatable bonds is 16. The van der Waals surface area contributed by atoms with Crippen molar-refractivity contribution in [3.8, 4) is 0 Å². The monoisotopic (exact) mass is 410 g/mol. The number of hydrogen-bond acceptors (Lipinski definition) is 5. The molecular formula is C22H38N2O5. The summed E-state index contributed by atoms with van der Waals surface area (Å²) in [6.45, 7) is 6.51. The first-order valence-electron chi connectivity index (χ1n) is 11.0. The Morgan fingerprint density at radius 1 is 0.655 bits per heavy atom. The van der Waals surface area contributed by atoms with Crippen LogP contribution in [-0.2, 0) is 4.74 Å². The summed E-state index contributed by atoms with van der Waals surface area (Å²) in [4.78, 5) is 18.9. The first kappa shape index (κ1) is 27.0. The molecule has 0 atom stereocenters. The van der Waals surface area contributed by atoms with E-state index >= 15 is 0 Å². The highest BCUT2D eigenvalue weighted by Crippen LogP contribution is 2.24. The number of nitro groups is 2. The number of para-hydroxylation sites is 2. The zero-order valence-corrected chi connectivity index (χ0v) is 18.1. The molecular weight excluding hydrogens is 372 g/mol. The van der Waals surface area contributed by atoms with E-state index in [2.05, 4.69) is 13.8 Å². The Morgan fingerprint density at radius 2 is 1.00 bits per heavy atom. The van der Waals surface area contributed by atoms with Crippen molar-refractivity contribution in [2.45, 2.75) is 90.9 Å². The van der Waals surface area contributed by atoms with Crippen LogP contribution in [-0.4, -0.2) is 23.1 Å². The molecule has 0 N–H and O–H groups in total. The summed E-state index contributed by atoms with van der Waals surface area (Å²) < 4.78 is 5.65. The normalized spacial score (nSPS) is 10.3. The second kappa shape index (κ2) is 19.3. The zero-order valence-electron chi connectivity index (χ0n) is 18.1. The van der Waals surface area contributed by atoms with Crippen molar-refractivity contribution in [3.63, 3.8) is 0 Å². The van der Waals surface area contributed by atoms with Crippen molar-refractivity contribution in [1.82, 2.24) is 0 Å². The van der Waals surface area contributed by atoms with Gasteiger partial charge in [-0.2, -0.15) is 0 Å². The van der Waals surface area contributed by atoms with Gasteiger partial charge in [0.25, 0.3) is 0 Å². The maximum Gasteiger partial charge on any atom is 0.346 e. The second-order valence-electron chi connectivity index (χ2n) is 7.15. The molecule has 1 aromatic carbocycles. The van der Waals surface area contributed by atoms with Crippen LogP contribution in [0.5, 0.6) is 0 Å². The van der Waals surface area contributed by atoms with Crippen LogP contribution >= 0.6 is 0 Å². The van der Waals surface area contributed by atoms with Crippen molar-refractivity contribution in [3.05, 3.63) is 44.5 Å². The van der Waals surface area contributed by atoms with Gasteiger partial charge in [0.15, 0.2) is 0 Å². The van der Waals surface area contributed by atoms with Gasteiger partial charge in [0.1, 0.15) is 0 Å². The highest BCUT2D eigenvalue weighted by Gasteiger charge is 2.21. The van der Waals surface area contributed by atoms with Crippen molar-refractivity contribution in [2.24, 2.45) is 0 Å². The Morgan fingerprint density at radius 3 is 1.34 bits per heavy atom. The van der Waals surface area contributed by atoms with E-state index in [0.717, 1.165) is 25.3 Å². The fourth-order valence-corrected chi connectivity index (χ4v) is 2.84. The van der Waals surface area contributed by atoms with Crippen molar-refractivity contribution < 1.29 is 14.6 Å². The van der Waals surface area contributed by atoms with Crippen LogP contribution in [0.15, 0.2) is 24.3 Å². The van der Waals surface area contributed by atoms with Crippen LogP contribution in [0, 0.1) is 20.2 Å². The largest absolute Gasteiger partial charge is 0.381 e. The fraction of sp³-hybridized carbons (Fsp3) is 0.727. The second-order valence-corrected chi connectivity index (χ2v) is 7.15. The molecule has 0 fully saturated rings. The van der Waals surface area contributed by atoms with Gasteiger partial charge in [-0.1, -0.05) is 90.2 Å². The van der Waals surface area contributed by atoms with Crippen molar-refractivity contribution >= 4 is 11.4 Å². The van der Waals surface area contributed by atoms with Crippen LogP contribution < -0.4 is 0 Å². The van der Waals surface area contributed by atoms with Crippen LogP contribution in [0.1, 0.15) is 90.9 Å². The third kappa shape index (κ3) is 15.6. The first-order valence-corrected chi connectivity index (χ1v) is 11.0. The number of benzene rings is 1. The highest BCUT2D eigenvalue weighted by molar-refractivity contribution is 5.51. The van der Waals surface area contributed by atoms with E-state index in [1.54, 1.807) is 0 Å². The van der Waals surface area contributed by atoms with Crippen LogP contribution in [0.3, 0.4) is 0 Å². The minimum Gasteiger partial charge on any atom is -0.381 e. The lowest BCUT2D eigenvalue weighted by Gasteiger charge is -2.04. The molecule has 0 heterocycles. The van der Waals surface area contributed by atoms with Crippen LogP contribution in [0.25, 0.3) is 0 Å². The Kier molecular flexibility index (Phi) is 18.0. The van der Waals surface area contributed by atoms with E-state index in [9.17, 15) is 20.2 Å². The van der Waals surface area contributed by atoms with Gasteiger partial charge >= 0.3 is 11.4 Å². The highest BCUT2D eigenvalue weighted by atomic mass is 16.6. The number of unbranched alkanes of at least 4 members (excludes halogenated alkanes) is 10. The maximum atomic E-state index is 10.2. The summed E-state index contributed by atoms with van der Waals surface area (Å²) >= 11 is 0. The van der Waals surface area contributed by atoms with Gasteiger partial charge in [-0.3, -0.25) is 20.2 Å². The molecule has 0 aliphatic heterocycles. The van der Waals surface area contributed by atoms with Gasteiger partial charge in [-0.05, 0) is 12.8 Å². The number of hydrogen-bond donors (Lipinski definition) is 0. The van der Waals surface area contributed by atoms with E-state index in [-0.39, 0.29) is 0 Å². The number of nitrogens with zero attached hydrogens (tertiary/aromatic N) is 2. The Balaban J connectivity index is 0.000000571. The first-order chi connectivity index (χ1) is 14.0. The molecule has 0 saturated carbocycles. The van der Waals surface area contributed by atoms with E-state index in [0.29, 0.717) is 0 Å². The smallest absolute Gasteiger partial charge is 0.346 e. The summed E-state index contributed by atoms with van der Waals surface area (Å²) in [6, 6.07) is 4.95. The van der Waals surface area contributed by atoms with Crippen LogP contribution in [0.4, 0.5) is 11.4 Å². The summed E-state index contributed by atoms with van der Waals surface area (Å²) in [5, 5.41) is 20.5. The minimum absolute atomic E-state index is 0.484. The Bertz CT molecular complexity index is 505. The van der Waals surface area contributed by atoms with Gasteiger partial charge in [0, 0.05) is 25.3 Å². The average molecular weight is 411 g/mol. The lowest BCUT2D eigenvalue weighted by molar-refractivity contribution is -0.422. The van der Waals surface area contributed by atoms with E-state index < -0.39 is 21.2 Å². The summed E-state index contributed by atoms with van der Waals surface area (Å²) in [5.74, 6) is 0. The lowest BCUT2D eigenvalue weighted by atomic mass is 10.1. The molecule has 0 spiro atoms. The molecule has 0 aliphatic carbocycles. The third-order valence-electron chi connectivity index (χ3n) is 4.56. The maximum absolute atomic E-state index is 10.2. The molecule has 166 valence electrons. The molecule has 0 bridgehead atoms. The molecule has 7 nitrogen and oxygen atoms in total. The van der Waals surface area contributed by atoms with Gasteiger partial charge in [-0.15, -0.1) is 0 Å². The van der Waals surface area contributed by atoms with E-state index in [1.807, 2.05) is 0 Å². The van der Waals surface area contributed by atoms with Gasteiger partial charge in [-0.25, -0.2) is 0 Å².